The first-order valence-corrected chi connectivity index (χ1v) is 11.5. The third kappa shape index (κ3) is 4.03. The summed E-state index contributed by atoms with van der Waals surface area (Å²) in [6.07, 6.45) is 1.17. The van der Waals surface area contributed by atoms with E-state index in [-0.39, 0.29) is 16.8 Å². The van der Waals surface area contributed by atoms with Crippen molar-refractivity contribution in [2.24, 2.45) is 0 Å². The number of hydrogen-bond acceptors (Lipinski definition) is 6. The third-order valence-electron chi connectivity index (χ3n) is 3.93. The van der Waals surface area contributed by atoms with Gasteiger partial charge in [-0.2, -0.15) is 11.3 Å². The lowest BCUT2D eigenvalue weighted by Gasteiger charge is -2.14. The number of benzene rings is 1. The van der Waals surface area contributed by atoms with Gasteiger partial charge in [-0.1, -0.05) is 12.1 Å². The molecule has 3 rings (SSSR count). The zero-order valence-corrected chi connectivity index (χ0v) is 17.0. The largest absolute Gasteiger partial charge is 0.345 e. The molecule has 5 nitrogen and oxygen atoms in total. The summed E-state index contributed by atoms with van der Waals surface area (Å²) in [5.41, 5.74) is 2.56. The maximum Gasteiger partial charge on any atom is 0.263 e. The van der Waals surface area contributed by atoms with Crippen LogP contribution in [0, 0.1) is 6.92 Å². The first kappa shape index (κ1) is 18.8. The fourth-order valence-electron chi connectivity index (χ4n) is 2.47. The molecule has 1 aromatic carbocycles. The van der Waals surface area contributed by atoms with E-state index in [2.05, 4.69) is 10.3 Å². The molecule has 2 aromatic heterocycles. The molecule has 1 N–H and O–H groups in total. The van der Waals surface area contributed by atoms with Gasteiger partial charge in [0.2, 0.25) is 0 Å². The molecule has 0 bridgehead atoms. The summed E-state index contributed by atoms with van der Waals surface area (Å²) >= 11 is 2.96. The Hall–Kier alpha value is -2.03. The second-order valence-electron chi connectivity index (χ2n) is 5.98. The van der Waals surface area contributed by atoms with Gasteiger partial charge >= 0.3 is 0 Å². The van der Waals surface area contributed by atoms with Crippen LogP contribution in [-0.2, 0) is 9.84 Å². The van der Waals surface area contributed by atoms with Gasteiger partial charge in [0.15, 0.2) is 9.84 Å². The van der Waals surface area contributed by atoms with Crippen LogP contribution < -0.4 is 5.32 Å². The molecule has 1 amide bonds. The molecular formula is C18H18N2O3S3. The quantitative estimate of drug-likeness (QED) is 0.693. The van der Waals surface area contributed by atoms with Crippen molar-refractivity contribution in [2.75, 3.05) is 6.26 Å². The van der Waals surface area contributed by atoms with E-state index >= 15 is 0 Å². The van der Waals surface area contributed by atoms with Crippen molar-refractivity contribution >= 4 is 38.4 Å². The van der Waals surface area contributed by atoms with Crippen molar-refractivity contribution < 1.29 is 13.2 Å². The van der Waals surface area contributed by atoms with Crippen molar-refractivity contribution in [3.8, 4) is 10.6 Å². The highest BCUT2D eigenvalue weighted by atomic mass is 32.2. The van der Waals surface area contributed by atoms with Crippen LogP contribution in [0.5, 0.6) is 0 Å². The molecular weight excluding hydrogens is 388 g/mol. The van der Waals surface area contributed by atoms with E-state index in [0.29, 0.717) is 10.6 Å². The fraction of sp³-hybridized carbons (Fsp3) is 0.222. The summed E-state index contributed by atoms with van der Waals surface area (Å²) in [4.78, 5) is 18.0. The molecule has 2 heterocycles. The van der Waals surface area contributed by atoms with Gasteiger partial charge in [-0.15, -0.1) is 11.3 Å². The van der Waals surface area contributed by atoms with Crippen molar-refractivity contribution in [2.45, 2.75) is 24.8 Å². The van der Waals surface area contributed by atoms with Crippen molar-refractivity contribution in [1.82, 2.24) is 10.3 Å². The first-order chi connectivity index (χ1) is 12.3. The zero-order chi connectivity index (χ0) is 18.9. The number of nitrogens with zero attached hydrogens (tertiary/aromatic N) is 1. The van der Waals surface area contributed by atoms with Crippen LogP contribution in [0.15, 0.2) is 46.0 Å². The van der Waals surface area contributed by atoms with Gasteiger partial charge in [-0.05, 0) is 43.0 Å². The molecule has 136 valence electrons. The molecule has 0 aliphatic heterocycles. The minimum atomic E-state index is -3.23. The van der Waals surface area contributed by atoms with Gasteiger partial charge in [0, 0.05) is 17.2 Å². The van der Waals surface area contributed by atoms with Gasteiger partial charge in [0.05, 0.1) is 16.6 Å². The topological polar surface area (TPSA) is 76.1 Å². The Labute approximate surface area is 160 Å². The molecule has 8 heteroatoms. The first-order valence-electron chi connectivity index (χ1n) is 7.86. The average Bonchev–Trinajstić information content (AvgIpc) is 3.23. The number of rotatable bonds is 5. The Balaban J connectivity index is 1.75. The number of aryl methyl sites for hydroxylation is 1. The van der Waals surface area contributed by atoms with Crippen LogP contribution in [0.25, 0.3) is 10.6 Å². The van der Waals surface area contributed by atoms with E-state index in [9.17, 15) is 13.2 Å². The normalized spacial score (nSPS) is 12.7. The standard InChI is InChI=1S/C18H18N2O3S3/c1-11(13-4-6-15(7-5-13)26(3,22)23)19-17(21)16-12(2)20-18(25-16)14-8-9-24-10-14/h4-11H,1-3H3,(H,19,21)/t11-/m0/s1. The molecule has 0 aliphatic rings. The molecule has 0 radical (unpaired) electrons. The predicted molar refractivity (Wildman–Crippen MR) is 106 cm³/mol. The maximum atomic E-state index is 12.6. The highest BCUT2D eigenvalue weighted by Gasteiger charge is 2.19. The minimum Gasteiger partial charge on any atom is -0.345 e. The van der Waals surface area contributed by atoms with Gasteiger partial charge in [0.25, 0.3) is 5.91 Å². The molecule has 1 atom stereocenters. The molecule has 0 fully saturated rings. The summed E-state index contributed by atoms with van der Waals surface area (Å²) in [7, 11) is -3.23. The van der Waals surface area contributed by atoms with E-state index in [1.165, 1.54) is 17.6 Å². The van der Waals surface area contributed by atoms with Crippen LogP contribution in [0.1, 0.15) is 33.9 Å². The highest BCUT2D eigenvalue weighted by molar-refractivity contribution is 7.90. The smallest absolute Gasteiger partial charge is 0.263 e. The van der Waals surface area contributed by atoms with E-state index in [1.807, 2.05) is 30.7 Å². The van der Waals surface area contributed by atoms with Crippen molar-refractivity contribution in [3.63, 3.8) is 0 Å². The van der Waals surface area contributed by atoms with Gasteiger partial charge in [0.1, 0.15) is 9.88 Å². The van der Waals surface area contributed by atoms with Crippen LogP contribution in [-0.4, -0.2) is 25.6 Å². The SMILES string of the molecule is Cc1nc(-c2ccsc2)sc1C(=O)N[C@@H](C)c1ccc(S(C)(=O)=O)cc1. The molecule has 0 unspecified atom stereocenters. The number of aromatic nitrogens is 1. The van der Waals surface area contributed by atoms with E-state index in [1.54, 1.807) is 35.6 Å². The lowest BCUT2D eigenvalue weighted by molar-refractivity contribution is 0.0943. The minimum absolute atomic E-state index is 0.179. The molecule has 3 aromatic rings. The molecule has 0 aliphatic carbocycles. The molecule has 0 spiro atoms. The molecule has 0 saturated carbocycles. The van der Waals surface area contributed by atoms with Gasteiger partial charge in [-0.25, -0.2) is 13.4 Å². The summed E-state index contributed by atoms with van der Waals surface area (Å²) in [6.45, 7) is 3.69. The number of sulfone groups is 1. The lowest BCUT2D eigenvalue weighted by Crippen LogP contribution is -2.26. The second-order valence-corrected chi connectivity index (χ2v) is 9.78. The number of hydrogen-bond donors (Lipinski definition) is 1. The summed E-state index contributed by atoms with van der Waals surface area (Å²) in [5, 5.41) is 7.77. The summed E-state index contributed by atoms with van der Waals surface area (Å²) < 4.78 is 23.1. The second kappa shape index (κ2) is 7.30. The molecule has 0 saturated heterocycles. The number of nitrogens with one attached hydrogen (secondary N) is 1. The number of thiazole rings is 1. The monoisotopic (exact) mass is 406 g/mol. The van der Waals surface area contributed by atoms with Crippen molar-refractivity contribution in [3.05, 3.63) is 57.2 Å². The average molecular weight is 407 g/mol. The van der Waals surface area contributed by atoms with Gasteiger partial charge in [-0.3, -0.25) is 4.79 Å². The van der Waals surface area contributed by atoms with E-state index in [4.69, 9.17) is 0 Å². The summed E-state index contributed by atoms with van der Waals surface area (Å²) in [6, 6.07) is 8.29. The Bertz CT molecular complexity index is 1020. The summed E-state index contributed by atoms with van der Waals surface area (Å²) in [5.74, 6) is -0.179. The number of amides is 1. The highest BCUT2D eigenvalue weighted by Crippen LogP contribution is 2.29. The lowest BCUT2D eigenvalue weighted by atomic mass is 10.1. The van der Waals surface area contributed by atoms with Crippen LogP contribution in [0.4, 0.5) is 0 Å². The number of carbonyl (C=O) groups excluding carboxylic acids is 1. The third-order valence-corrected chi connectivity index (χ3v) is 6.94. The van der Waals surface area contributed by atoms with Crippen LogP contribution in [0.2, 0.25) is 0 Å². The Morgan fingerprint density at radius 2 is 1.88 bits per heavy atom. The fourth-order valence-corrected chi connectivity index (χ4v) is 4.78. The number of carbonyl (C=O) groups is 1. The number of thiophene rings is 1. The van der Waals surface area contributed by atoms with Crippen LogP contribution in [0.3, 0.4) is 0 Å². The Morgan fingerprint density at radius 3 is 2.46 bits per heavy atom. The Kier molecular flexibility index (Phi) is 5.27. The zero-order valence-electron chi connectivity index (χ0n) is 14.5. The maximum absolute atomic E-state index is 12.6. The van der Waals surface area contributed by atoms with E-state index < -0.39 is 9.84 Å². The Morgan fingerprint density at radius 1 is 1.19 bits per heavy atom. The van der Waals surface area contributed by atoms with Gasteiger partial charge < -0.3 is 5.32 Å². The predicted octanol–water partition coefficient (Wildman–Crippen LogP) is 4.07. The van der Waals surface area contributed by atoms with Crippen molar-refractivity contribution in [1.29, 1.82) is 0 Å². The van der Waals surface area contributed by atoms with Crippen LogP contribution >= 0.6 is 22.7 Å². The molecule has 26 heavy (non-hydrogen) atoms. The van der Waals surface area contributed by atoms with E-state index in [0.717, 1.165) is 16.1 Å².